The van der Waals surface area contributed by atoms with Crippen LogP contribution in [0.2, 0.25) is 5.02 Å². The number of nitrogens with zero attached hydrogens (tertiary/aromatic N) is 1. The fourth-order valence-electron chi connectivity index (χ4n) is 3.43. The lowest BCUT2D eigenvalue weighted by atomic mass is 10.1. The van der Waals surface area contributed by atoms with E-state index in [0.717, 1.165) is 22.3 Å². The third-order valence-corrected chi connectivity index (χ3v) is 5.52. The minimum atomic E-state index is -0.939. The highest BCUT2D eigenvalue weighted by Gasteiger charge is 2.15. The highest BCUT2D eigenvalue weighted by Crippen LogP contribution is 2.22. The lowest BCUT2D eigenvalue weighted by Crippen LogP contribution is -2.32. The lowest BCUT2D eigenvalue weighted by Gasteiger charge is -2.12. The SMILES string of the molecule is Cc1ccc(NC(=O)COc2ccc(Cl)cc2/C=N\NC(=O)C(=O)Nc2c(C)cccc2C)c(C)c1. The highest BCUT2D eigenvalue weighted by molar-refractivity contribution is 6.39. The average Bonchev–Trinajstić information content (AvgIpc) is 2.82. The standard InChI is InChI=1S/C27H27ClN4O4/c1-16-8-10-22(19(4)12-16)30-24(33)15-36-23-11-9-21(28)13-20(23)14-29-32-27(35)26(34)31-25-17(2)6-5-7-18(25)3/h5-14H,15H2,1-4H3,(H,30,33)(H,31,34)(H,32,35)/b29-14-. The number of carbonyl (C=O) groups excluding carboxylic acids is 3. The lowest BCUT2D eigenvalue weighted by molar-refractivity contribution is -0.136. The van der Waals surface area contributed by atoms with Crippen molar-refractivity contribution >= 4 is 46.9 Å². The van der Waals surface area contributed by atoms with E-state index in [1.54, 1.807) is 18.2 Å². The Labute approximate surface area is 214 Å². The molecule has 0 unspecified atom stereocenters. The second-order valence-corrected chi connectivity index (χ2v) is 8.69. The molecule has 3 N–H and O–H groups in total. The minimum absolute atomic E-state index is 0.250. The second kappa shape index (κ2) is 12.0. The van der Waals surface area contributed by atoms with E-state index in [-0.39, 0.29) is 12.5 Å². The van der Waals surface area contributed by atoms with Crippen molar-refractivity contribution < 1.29 is 19.1 Å². The molecule has 3 amide bonds. The number of ether oxygens (including phenoxy) is 1. The summed E-state index contributed by atoms with van der Waals surface area (Å²) < 4.78 is 5.65. The molecule has 0 fully saturated rings. The Balaban J connectivity index is 1.60. The fourth-order valence-corrected chi connectivity index (χ4v) is 3.61. The predicted molar refractivity (Wildman–Crippen MR) is 142 cm³/mol. The second-order valence-electron chi connectivity index (χ2n) is 8.26. The number of para-hydroxylation sites is 1. The van der Waals surface area contributed by atoms with Crippen LogP contribution >= 0.6 is 11.6 Å². The number of hydrazone groups is 1. The molecule has 0 aliphatic carbocycles. The van der Waals surface area contributed by atoms with Crippen LogP contribution in [0.3, 0.4) is 0 Å². The highest BCUT2D eigenvalue weighted by atomic mass is 35.5. The van der Waals surface area contributed by atoms with E-state index in [2.05, 4.69) is 21.2 Å². The molecular weight excluding hydrogens is 480 g/mol. The largest absolute Gasteiger partial charge is 0.483 e. The zero-order valence-corrected chi connectivity index (χ0v) is 21.2. The number of hydrogen-bond donors (Lipinski definition) is 3. The van der Waals surface area contributed by atoms with Crippen LogP contribution in [-0.2, 0) is 14.4 Å². The number of rotatable bonds is 7. The fraction of sp³-hybridized carbons (Fsp3) is 0.185. The van der Waals surface area contributed by atoms with Gasteiger partial charge >= 0.3 is 11.8 Å². The topological polar surface area (TPSA) is 109 Å². The van der Waals surface area contributed by atoms with Crippen molar-refractivity contribution in [2.45, 2.75) is 27.7 Å². The number of anilines is 2. The summed E-state index contributed by atoms with van der Waals surface area (Å²) in [5, 5.41) is 9.65. The van der Waals surface area contributed by atoms with Gasteiger partial charge < -0.3 is 15.4 Å². The van der Waals surface area contributed by atoms with Crippen LogP contribution in [0, 0.1) is 27.7 Å². The molecule has 0 spiro atoms. The molecule has 0 aromatic heterocycles. The molecule has 0 aliphatic heterocycles. The minimum Gasteiger partial charge on any atom is -0.483 e. The molecule has 0 heterocycles. The summed E-state index contributed by atoms with van der Waals surface area (Å²) in [4.78, 5) is 36.8. The van der Waals surface area contributed by atoms with Crippen LogP contribution in [0.25, 0.3) is 0 Å². The average molecular weight is 507 g/mol. The molecule has 0 aliphatic rings. The Hall–Kier alpha value is -4.17. The van der Waals surface area contributed by atoms with Crippen molar-refractivity contribution in [3.63, 3.8) is 0 Å². The normalized spacial score (nSPS) is 10.7. The van der Waals surface area contributed by atoms with E-state index in [9.17, 15) is 14.4 Å². The van der Waals surface area contributed by atoms with Gasteiger partial charge in [0.1, 0.15) is 5.75 Å². The Bertz CT molecular complexity index is 1320. The van der Waals surface area contributed by atoms with E-state index in [1.165, 1.54) is 6.21 Å². The summed E-state index contributed by atoms with van der Waals surface area (Å²) >= 11 is 6.08. The van der Waals surface area contributed by atoms with Gasteiger partial charge in [-0.3, -0.25) is 14.4 Å². The molecule has 0 saturated carbocycles. The van der Waals surface area contributed by atoms with E-state index >= 15 is 0 Å². The quantitative estimate of drug-likeness (QED) is 0.245. The monoisotopic (exact) mass is 506 g/mol. The zero-order valence-electron chi connectivity index (χ0n) is 20.4. The molecular formula is C27H27ClN4O4. The Kier molecular flexibility index (Phi) is 8.81. The number of nitrogens with one attached hydrogen (secondary N) is 3. The smallest absolute Gasteiger partial charge is 0.329 e. The van der Waals surface area contributed by atoms with Crippen LogP contribution < -0.4 is 20.8 Å². The first-order valence-electron chi connectivity index (χ1n) is 11.1. The van der Waals surface area contributed by atoms with E-state index in [4.69, 9.17) is 16.3 Å². The molecule has 0 atom stereocenters. The maximum atomic E-state index is 12.4. The Morgan fingerprint density at radius 3 is 2.31 bits per heavy atom. The van der Waals surface area contributed by atoms with Gasteiger partial charge in [-0.05, 0) is 68.7 Å². The molecule has 0 radical (unpaired) electrons. The van der Waals surface area contributed by atoms with E-state index < -0.39 is 11.8 Å². The van der Waals surface area contributed by atoms with Gasteiger partial charge in [0.25, 0.3) is 5.91 Å². The molecule has 9 heteroatoms. The maximum absolute atomic E-state index is 12.4. The van der Waals surface area contributed by atoms with Gasteiger partial charge in [0, 0.05) is 22.0 Å². The number of benzene rings is 3. The first-order chi connectivity index (χ1) is 17.1. The number of aryl methyl sites for hydroxylation is 4. The van der Waals surface area contributed by atoms with Gasteiger partial charge in [-0.2, -0.15) is 5.10 Å². The van der Waals surface area contributed by atoms with Crippen LogP contribution in [0.15, 0.2) is 59.7 Å². The van der Waals surface area contributed by atoms with Crippen LogP contribution in [0.5, 0.6) is 5.75 Å². The molecule has 3 aromatic rings. The van der Waals surface area contributed by atoms with Gasteiger partial charge in [0.15, 0.2) is 6.61 Å². The summed E-state index contributed by atoms with van der Waals surface area (Å²) in [7, 11) is 0. The molecule has 36 heavy (non-hydrogen) atoms. The molecule has 8 nitrogen and oxygen atoms in total. The molecule has 186 valence electrons. The summed E-state index contributed by atoms with van der Waals surface area (Å²) in [6.07, 6.45) is 1.29. The Morgan fingerprint density at radius 1 is 0.889 bits per heavy atom. The van der Waals surface area contributed by atoms with Crippen LogP contribution in [0.1, 0.15) is 27.8 Å². The van der Waals surface area contributed by atoms with Crippen molar-refractivity contribution in [1.29, 1.82) is 0 Å². The number of hydrogen-bond acceptors (Lipinski definition) is 5. The van der Waals surface area contributed by atoms with Gasteiger partial charge in [-0.25, -0.2) is 5.43 Å². The molecule has 3 aromatic carbocycles. The van der Waals surface area contributed by atoms with Crippen molar-refractivity contribution in [2.24, 2.45) is 5.10 Å². The summed E-state index contributed by atoms with van der Waals surface area (Å²) in [6.45, 7) is 7.31. The third-order valence-electron chi connectivity index (χ3n) is 5.28. The number of carbonyl (C=O) groups is 3. The summed E-state index contributed by atoms with van der Waals surface area (Å²) in [5.74, 6) is -1.80. The van der Waals surface area contributed by atoms with Gasteiger partial charge in [-0.15, -0.1) is 0 Å². The molecule has 0 saturated heterocycles. The first-order valence-corrected chi connectivity index (χ1v) is 11.5. The van der Waals surface area contributed by atoms with Gasteiger partial charge in [0.05, 0.1) is 6.21 Å². The van der Waals surface area contributed by atoms with Crippen molar-refractivity contribution in [3.8, 4) is 5.75 Å². The van der Waals surface area contributed by atoms with E-state index in [1.807, 2.05) is 64.1 Å². The summed E-state index contributed by atoms with van der Waals surface area (Å²) in [6, 6.07) is 16.0. The van der Waals surface area contributed by atoms with Crippen LogP contribution in [-0.4, -0.2) is 30.5 Å². The predicted octanol–water partition coefficient (Wildman–Crippen LogP) is 4.68. The van der Waals surface area contributed by atoms with Crippen molar-refractivity contribution in [2.75, 3.05) is 17.2 Å². The van der Waals surface area contributed by atoms with Crippen molar-refractivity contribution in [3.05, 3.63) is 87.4 Å². The maximum Gasteiger partial charge on any atom is 0.329 e. The summed E-state index contributed by atoms with van der Waals surface area (Å²) in [5.41, 5.74) is 7.59. The Morgan fingerprint density at radius 2 is 1.61 bits per heavy atom. The molecule has 3 rings (SSSR count). The van der Waals surface area contributed by atoms with Gasteiger partial charge in [0.2, 0.25) is 0 Å². The van der Waals surface area contributed by atoms with E-state index in [0.29, 0.717) is 27.7 Å². The molecule has 0 bridgehead atoms. The number of amides is 3. The van der Waals surface area contributed by atoms with Crippen molar-refractivity contribution in [1.82, 2.24) is 5.43 Å². The van der Waals surface area contributed by atoms with Gasteiger partial charge in [-0.1, -0.05) is 47.5 Å². The number of halogens is 1. The zero-order chi connectivity index (χ0) is 26.2. The third kappa shape index (κ3) is 7.16. The van der Waals surface area contributed by atoms with Crippen LogP contribution in [0.4, 0.5) is 11.4 Å². The first kappa shape index (κ1) is 26.4.